The van der Waals surface area contributed by atoms with E-state index in [-0.39, 0.29) is 30.0 Å². The Bertz CT molecular complexity index is 931. The topological polar surface area (TPSA) is 91.6 Å². The Morgan fingerprint density at radius 3 is 2.61 bits per heavy atom. The van der Waals surface area contributed by atoms with Crippen LogP contribution in [0.2, 0.25) is 0 Å². The SMILES string of the molecule is C/C=C\c1ccc2n(c1=O)C[C@H]1[C@H](CO)[C@@H](C(=O)NCC3CCCCC3)[C@@H]2N1C(C)=O. The Balaban J connectivity index is 1.68. The van der Waals surface area contributed by atoms with E-state index in [4.69, 9.17) is 0 Å². The van der Waals surface area contributed by atoms with Gasteiger partial charge in [0.15, 0.2) is 0 Å². The highest BCUT2D eigenvalue weighted by Crippen LogP contribution is 2.48. The summed E-state index contributed by atoms with van der Waals surface area (Å²) < 4.78 is 1.70. The summed E-state index contributed by atoms with van der Waals surface area (Å²) in [5, 5.41) is 13.3. The first kappa shape index (κ1) is 21.8. The van der Waals surface area contributed by atoms with E-state index in [2.05, 4.69) is 5.32 Å². The Morgan fingerprint density at radius 2 is 1.97 bits per heavy atom. The third kappa shape index (κ3) is 3.84. The van der Waals surface area contributed by atoms with Gasteiger partial charge >= 0.3 is 0 Å². The van der Waals surface area contributed by atoms with Crippen LogP contribution in [0.5, 0.6) is 0 Å². The number of aliphatic hydroxyl groups excluding tert-OH is 1. The van der Waals surface area contributed by atoms with Crippen LogP contribution in [0, 0.1) is 17.8 Å². The number of amides is 2. The third-order valence-electron chi connectivity index (χ3n) is 7.38. The van der Waals surface area contributed by atoms with Crippen LogP contribution in [-0.2, 0) is 16.1 Å². The molecule has 0 radical (unpaired) electrons. The molecule has 7 nitrogen and oxygen atoms in total. The van der Waals surface area contributed by atoms with Crippen molar-refractivity contribution in [1.29, 1.82) is 0 Å². The minimum Gasteiger partial charge on any atom is -0.396 e. The fourth-order valence-corrected chi connectivity index (χ4v) is 5.91. The maximum Gasteiger partial charge on any atom is 0.258 e. The summed E-state index contributed by atoms with van der Waals surface area (Å²) in [4.78, 5) is 40.7. The molecule has 7 heteroatoms. The maximum absolute atomic E-state index is 13.4. The molecule has 1 aromatic heterocycles. The van der Waals surface area contributed by atoms with Crippen molar-refractivity contribution in [2.24, 2.45) is 17.8 Å². The number of hydrogen-bond donors (Lipinski definition) is 2. The van der Waals surface area contributed by atoms with Gasteiger partial charge in [-0.05, 0) is 37.8 Å². The van der Waals surface area contributed by atoms with Crippen LogP contribution in [0.25, 0.3) is 6.08 Å². The van der Waals surface area contributed by atoms with E-state index in [0.29, 0.717) is 30.3 Å². The molecule has 168 valence electrons. The largest absolute Gasteiger partial charge is 0.396 e. The molecule has 1 saturated heterocycles. The smallest absolute Gasteiger partial charge is 0.258 e. The number of aliphatic hydroxyl groups is 1. The zero-order valence-corrected chi connectivity index (χ0v) is 18.4. The van der Waals surface area contributed by atoms with Gasteiger partial charge in [-0.1, -0.05) is 31.4 Å². The molecule has 3 heterocycles. The average Bonchev–Trinajstić information content (AvgIpc) is 3.02. The molecule has 2 N–H and O–H groups in total. The number of nitrogens with one attached hydrogen (secondary N) is 1. The number of rotatable bonds is 5. The molecule has 2 fully saturated rings. The van der Waals surface area contributed by atoms with Crippen molar-refractivity contribution in [3.8, 4) is 0 Å². The van der Waals surface area contributed by atoms with Gasteiger partial charge in [0.1, 0.15) is 0 Å². The molecule has 1 aromatic rings. The summed E-state index contributed by atoms with van der Waals surface area (Å²) >= 11 is 0. The fraction of sp³-hybridized carbons (Fsp3) is 0.625. The standard InChI is InChI=1S/C24H33N3O4/c1-3-7-17-10-11-19-22-21(23(30)25-12-16-8-5-4-6-9-16)18(14-28)20(27(22)15(2)29)13-26(19)24(17)31/h3,7,10-11,16,18,20-22,28H,4-6,8-9,12-14H2,1-2H3,(H,25,30)/b7-3-/t18-,20-,21+,22+/m0/s1. The van der Waals surface area contributed by atoms with Crippen LogP contribution < -0.4 is 10.9 Å². The van der Waals surface area contributed by atoms with E-state index in [1.807, 2.05) is 19.1 Å². The van der Waals surface area contributed by atoms with Gasteiger partial charge in [0.25, 0.3) is 5.56 Å². The molecule has 2 bridgehead atoms. The van der Waals surface area contributed by atoms with Crippen LogP contribution >= 0.6 is 0 Å². The van der Waals surface area contributed by atoms with Crippen molar-refractivity contribution >= 4 is 17.9 Å². The Kier molecular flexibility index (Phi) is 6.32. The van der Waals surface area contributed by atoms with E-state index >= 15 is 0 Å². The predicted molar refractivity (Wildman–Crippen MR) is 118 cm³/mol. The highest BCUT2D eigenvalue weighted by atomic mass is 16.3. The number of pyridine rings is 1. The Hall–Kier alpha value is -2.41. The number of nitrogens with zero attached hydrogens (tertiary/aromatic N) is 2. The van der Waals surface area contributed by atoms with Gasteiger partial charge in [-0.15, -0.1) is 0 Å². The van der Waals surface area contributed by atoms with Crippen LogP contribution in [0.4, 0.5) is 0 Å². The molecule has 1 saturated carbocycles. The zero-order chi connectivity index (χ0) is 22.1. The second-order valence-corrected chi connectivity index (χ2v) is 9.19. The van der Waals surface area contributed by atoms with Crippen LogP contribution in [0.3, 0.4) is 0 Å². The van der Waals surface area contributed by atoms with Crippen LogP contribution in [-0.4, -0.2) is 45.6 Å². The Labute approximate surface area is 183 Å². The summed E-state index contributed by atoms with van der Waals surface area (Å²) in [7, 11) is 0. The summed E-state index contributed by atoms with van der Waals surface area (Å²) in [6, 6.07) is 2.71. The van der Waals surface area contributed by atoms with E-state index in [1.165, 1.54) is 26.2 Å². The van der Waals surface area contributed by atoms with E-state index < -0.39 is 17.9 Å². The first-order chi connectivity index (χ1) is 15.0. The molecular weight excluding hydrogens is 394 g/mol. The van der Waals surface area contributed by atoms with Crippen molar-refractivity contribution in [3.63, 3.8) is 0 Å². The molecule has 0 unspecified atom stereocenters. The van der Waals surface area contributed by atoms with Gasteiger partial charge in [-0.2, -0.15) is 0 Å². The molecule has 31 heavy (non-hydrogen) atoms. The summed E-state index contributed by atoms with van der Waals surface area (Å²) in [6.07, 6.45) is 9.52. The van der Waals surface area contributed by atoms with Crippen molar-refractivity contribution in [1.82, 2.24) is 14.8 Å². The lowest BCUT2D eigenvalue weighted by molar-refractivity contribution is -0.134. The number of hydrogen-bond acceptors (Lipinski definition) is 4. The molecule has 0 spiro atoms. The van der Waals surface area contributed by atoms with Crippen molar-refractivity contribution in [2.45, 2.75) is 64.6 Å². The highest BCUT2D eigenvalue weighted by molar-refractivity contribution is 5.83. The predicted octanol–water partition coefficient (Wildman–Crippen LogP) is 2.09. The van der Waals surface area contributed by atoms with Crippen molar-refractivity contribution in [3.05, 3.63) is 39.8 Å². The van der Waals surface area contributed by atoms with Crippen molar-refractivity contribution < 1.29 is 14.7 Å². The quantitative estimate of drug-likeness (QED) is 0.753. The number of aromatic nitrogens is 1. The first-order valence-electron chi connectivity index (χ1n) is 11.5. The summed E-state index contributed by atoms with van der Waals surface area (Å²) in [6.45, 7) is 4.10. The lowest BCUT2D eigenvalue weighted by Gasteiger charge is -2.37. The number of fused-ring (bicyclic) bond motifs is 4. The second-order valence-electron chi connectivity index (χ2n) is 9.19. The molecule has 0 aromatic carbocycles. The average molecular weight is 428 g/mol. The van der Waals surface area contributed by atoms with Crippen LogP contribution in [0.1, 0.15) is 63.3 Å². The zero-order valence-electron chi connectivity index (χ0n) is 18.4. The van der Waals surface area contributed by atoms with Gasteiger partial charge in [-0.3, -0.25) is 14.4 Å². The van der Waals surface area contributed by atoms with Gasteiger partial charge in [0.05, 0.1) is 18.0 Å². The van der Waals surface area contributed by atoms with Crippen LogP contribution in [0.15, 0.2) is 23.0 Å². The third-order valence-corrected chi connectivity index (χ3v) is 7.38. The molecule has 4 atom stereocenters. The lowest BCUT2D eigenvalue weighted by atomic mass is 9.85. The van der Waals surface area contributed by atoms with E-state index in [9.17, 15) is 19.5 Å². The van der Waals surface area contributed by atoms with E-state index in [1.54, 1.807) is 21.6 Å². The maximum atomic E-state index is 13.4. The van der Waals surface area contributed by atoms with E-state index in [0.717, 1.165) is 12.8 Å². The number of carbonyl (C=O) groups excluding carboxylic acids is 2. The highest BCUT2D eigenvalue weighted by Gasteiger charge is 2.56. The summed E-state index contributed by atoms with van der Waals surface area (Å²) in [5.74, 6) is -0.727. The van der Waals surface area contributed by atoms with Gasteiger partial charge in [0, 0.05) is 43.8 Å². The summed E-state index contributed by atoms with van der Waals surface area (Å²) in [5.41, 5.74) is 1.15. The Morgan fingerprint density at radius 1 is 1.23 bits per heavy atom. The minimum absolute atomic E-state index is 0.117. The van der Waals surface area contributed by atoms with Gasteiger partial charge in [0.2, 0.25) is 11.8 Å². The molecular formula is C24H33N3O4. The number of allylic oxidation sites excluding steroid dienone is 1. The fourth-order valence-electron chi connectivity index (χ4n) is 5.91. The molecule has 1 aliphatic carbocycles. The lowest BCUT2D eigenvalue weighted by Crippen LogP contribution is -2.48. The monoisotopic (exact) mass is 427 g/mol. The van der Waals surface area contributed by atoms with Gasteiger partial charge < -0.3 is 19.9 Å². The normalized spacial score (nSPS) is 28.0. The molecule has 2 aliphatic heterocycles. The van der Waals surface area contributed by atoms with Crippen molar-refractivity contribution in [2.75, 3.05) is 13.2 Å². The number of carbonyl (C=O) groups is 2. The second kappa shape index (κ2) is 8.99. The molecule has 2 amide bonds. The van der Waals surface area contributed by atoms with Gasteiger partial charge in [-0.25, -0.2) is 0 Å². The molecule has 4 rings (SSSR count). The molecule has 3 aliphatic rings. The minimum atomic E-state index is -0.566. The first-order valence-corrected chi connectivity index (χ1v) is 11.5.